The second-order valence-corrected chi connectivity index (χ2v) is 4.33. The highest BCUT2D eigenvalue weighted by atomic mass is 16.5. The van der Waals surface area contributed by atoms with Crippen LogP contribution in [0.4, 0.5) is 0 Å². The molecule has 0 saturated carbocycles. The van der Waals surface area contributed by atoms with E-state index in [0.29, 0.717) is 5.57 Å². The zero-order valence-corrected chi connectivity index (χ0v) is 11.6. The molecule has 1 aromatic carbocycles. The number of para-hydroxylation sites is 1. The number of allylic oxidation sites excluding steroid dienone is 1. The van der Waals surface area contributed by atoms with E-state index >= 15 is 0 Å². The fourth-order valence-electron chi connectivity index (χ4n) is 2.01. The average molecular weight is 248 g/mol. The molecule has 1 rings (SSSR count). The van der Waals surface area contributed by atoms with E-state index in [9.17, 15) is 4.79 Å². The molecule has 3 heteroatoms. The van der Waals surface area contributed by atoms with Crippen LogP contribution < -0.4 is 4.74 Å². The number of rotatable bonds is 4. The summed E-state index contributed by atoms with van der Waals surface area (Å²) in [7, 11) is 3.05. The SMILES string of the molecule is COC(=O)/C(C)=C\[C@@H](C)c1cccc(C)c1OC. The summed E-state index contributed by atoms with van der Waals surface area (Å²) in [4.78, 5) is 11.4. The van der Waals surface area contributed by atoms with Crippen molar-refractivity contribution in [3.63, 3.8) is 0 Å². The molecule has 0 N–H and O–H groups in total. The van der Waals surface area contributed by atoms with Crippen LogP contribution in [0.5, 0.6) is 5.75 Å². The van der Waals surface area contributed by atoms with E-state index in [1.165, 1.54) is 7.11 Å². The fraction of sp³-hybridized carbons (Fsp3) is 0.400. The van der Waals surface area contributed by atoms with E-state index in [1.54, 1.807) is 14.0 Å². The molecule has 0 saturated heterocycles. The minimum Gasteiger partial charge on any atom is -0.496 e. The van der Waals surface area contributed by atoms with Gasteiger partial charge in [0.2, 0.25) is 0 Å². The zero-order chi connectivity index (χ0) is 13.7. The molecule has 0 heterocycles. The minimum atomic E-state index is -0.298. The summed E-state index contributed by atoms with van der Waals surface area (Å²) in [5.41, 5.74) is 2.76. The third-order valence-corrected chi connectivity index (χ3v) is 2.94. The van der Waals surface area contributed by atoms with Gasteiger partial charge in [-0.05, 0) is 19.4 Å². The van der Waals surface area contributed by atoms with Crippen molar-refractivity contribution < 1.29 is 14.3 Å². The highest BCUT2D eigenvalue weighted by Gasteiger charge is 2.13. The smallest absolute Gasteiger partial charge is 0.333 e. The molecule has 0 aliphatic heterocycles. The van der Waals surface area contributed by atoms with Crippen LogP contribution in [-0.2, 0) is 9.53 Å². The number of aryl methyl sites for hydroxylation is 1. The first-order chi connectivity index (χ1) is 8.51. The van der Waals surface area contributed by atoms with Crippen LogP contribution in [0.1, 0.15) is 30.9 Å². The first-order valence-corrected chi connectivity index (χ1v) is 5.91. The maximum Gasteiger partial charge on any atom is 0.333 e. The van der Waals surface area contributed by atoms with Crippen molar-refractivity contribution in [2.75, 3.05) is 14.2 Å². The van der Waals surface area contributed by atoms with E-state index in [0.717, 1.165) is 16.9 Å². The molecule has 3 nitrogen and oxygen atoms in total. The lowest BCUT2D eigenvalue weighted by molar-refractivity contribution is -0.136. The number of hydrogen-bond acceptors (Lipinski definition) is 3. The molecular weight excluding hydrogens is 228 g/mol. The van der Waals surface area contributed by atoms with Gasteiger partial charge < -0.3 is 9.47 Å². The van der Waals surface area contributed by atoms with Crippen LogP contribution in [0.25, 0.3) is 0 Å². The molecule has 0 aliphatic carbocycles. The van der Waals surface area contributed by atoms with Crippen LogP contribution in [0.2, 0.25) is 0 Å². The Hall–Kier alpha value is -1.77. The summed E-state index contributed by atoms with van der Waals surface area (Å²) < 4.78 is 10.1. The van der Waals surface area contributed by atoms with E-state index < -0.39 is 0 Å². The lowest BCUT2D eigenvalue weighted by Crippen LogP contribution is -2.04. The number of hydrogen-bond donors (Lipinski definition) is 0. The predicted molar refractivity (Wildman–Crippen MR) is 71.9 cm³/mol. The van der Waals surface area contributed by atoms with Crippen molar-refractivity contribution in [2.24, 2.45) is 0 Å². The summed E-state index contributed by atoms with van der Waals surface area (Å²) in [6.45, 7) is 5.79. The van der Waals surface area contributed by atoms with Gasteiger partial charge in [0.25, 0.3) is 0 Å². The molecule has 0 bridgehead atoms. The highest BCUT2D eigenvalue weighted by Crippen LogP contribution is 2.31. The quantitative estimate of drug-likeness (QED) is 0.606. The Kier molecular flexibility index (Phi) is 4.95. The number of esters is 1. The molecule has 1 atom stereocenters. The van der Waals surface area contributed by atoms with Crippen LogP contribution >= 0.6 is 0 Å². The van der Waals surface area contributed by atoms with Gasteiger partial charge in [-0.1, -0.05) is 31.2 Å². The Morgan fingerprint density at radius 2 is 2.00 bits per heavy atom. The number of methoxy groups -OCH3 is 2. The molecule has 98 valence electrons. The van der Waals surface area contributed by atoms with Crippen molar-refractivity contribution in [1.29, 1.82) is 0 Å². The highest BCUT2D eigenvalue weighted by molar-refractivity contribution is 5.87. The van der Waals surface area contributed by atoms with Crippen molar-refractivity contribution >= 4 is 5.97 Å². The molecule has 0 spiro atoms. The maximum atomic E-state index is 11.4. The maximum absolute atomic E-state index is 11.4. The Morgan fingerprint density at radius 3 is 2.56 bits per heavy atom. The molecule has 1 aromatic rings. The predicted octanol–water partition coefficient (Wildman–Crippen LogP) is 3.23. The molecule has 0 aromatic heterocycles. The third-order valence-electron chi connectivity index (χ3n) is 2.94. The first-order valence-electron chi connectivity index (χ1n) is 5.91. The summed E-state index contributed by atoms with van der Waals surface area (Å²) in [6, 6.07) is 6.01. The van der Waals surface area contributed by atoms with Crippen molar-refractivity contribution in [1.82, 2.24) is 0 Å². The molecular formula is C15H20O3. The van der Waals surface area contributed by atoms with Crippen molar-refractivity contribution in [3.05, 3.63) is 41.0 Å². The van der Waals surface area contributed by atoms with Gasteiger partial charge >= 0.3 is 5.97 Å². The average Bonchev–Trinajstić information content (AvgIpc) is 2.37. The Bertz CT molecular complexity index is 461. The fourth-order valence-corrected chi connectivity index (χ4v) is 2.01. The monoisotopic (exact) mass is 248 g/mol. The number of carbonyl (C=O) groups excluding carboxylic acids is 1. The van der Waals surface area contributed by atoms with E-state index in [-0.39, 0.29) is 11.9 Å². The first kappa shape index (κ1) is 14.3. The van der Waals surface area contributed by atoms with Gasteiger partial charge in [-0.15, -0.1) is 0 Å². The number of ether oxygens (including phenoxy) is 2. The zero-order valence-electron chi connectivity index (χ0n) is 11.6. The molecule has 0 radical (unpaired) electrons. The summed E-state index contributed by atoms with van der Waals surface area (Å²) >= 11 is 0. The van der Waals surface area contributed by atoms with Gasteiger partial charge in [0, 0.05) is 17.1 Å². The van der Waals surface area contributed by atoms with Crippen molar-refractivity contribution in [3.8, 4) is 5.75 Å². The van der Waals surface area contributed by atoms with Gasteiger partial charge in [0.05, 0.1) is 14.2 Å². The van der Waals surface area contributed by atoms with Crippen LogP contribution in [0.3, 0.4) is 0 Å². The lowest BCUT2D eigenvalue weighted by Gasteiger charge is -2.15. The summed E-state index contributed by atoms with van der Waals surface area (Å²) in [5.74, 6) is 0.673. The van der Waals surface area contributed by atoms with Gasteiger partial charge in [0.1, 0.15) is 5.75 Å². The van der Waals surface area contributed by atoms with Gasteiger partial charge in [0.15, 0.2) is 0 Å². The Balaban J connectivity index is 3.08. The number of carbonyl (C=O) groups is 1. The second-order valence-electron chi connectivity index (χ2n) is 4.33. The van der Waals surface area contributed by atoms with Gasteiger partial charge in [-0.3, -0.25) is 0 Å². The minimum absolute atomic E-state index is 0.0962. The second kappa shape index (κ2) is 6.24. The largest absolute Gasteiger partial charge is 0.496 e. The topological polar surface area (TPSA) is 35.5 Å². The standard InChI is InChI=1S/C15H20O3/c1-10-7-6-8-13(14(10)17-4)11(2)9-12(3)15(16)18-5/h6-9,11H,1-5H3/b12-9-/t11-/m1/s1. The van der Waals surface area contributed by atoms with Gasteiger partial charge in [-0.25, -0.2) is 4.79 Å². The number of benzene rings is 1. The molecule has 0 amide bonds. The Labute approximate surface area is 108 Å². The molecule has 0 aliphatic rings. The molecule has 0 fully saturated rings. The van der Waals surface area contributed by atoms with Crippen LogP contribution in [-0.4, -0.2) is 20.2 Å². The van der Waals surface area contributed by atoms with Crippen LogP contribution in [0.15, 0.2) is 29.8 Å². The van der Waals surface area contributed by atoms with E-state index in [2.05, 4.69) is 0 Å². The molecule has 0 unspecified atom stereocenters. The normalized spacial score (nSPS) is 13.1. The van der Waals surface area contributed by atoms with E-state index in [4.69, 9.17) is 9.47 Å². The van der Waals surface area contributed by atoms with Crippen LogP contribution in [0, 0.1) is 6.92 Å². The van der Waals surface area contributed by atoms with E-state index in [1.807, 2.05) is 38.1 Å². The molecule has 18 heavy (non-hydrogen) atoms. The third kappa shape index (κ3) is 3.13. The summed E-state index contributed by atoms with van der Waals surface area (Å²) in [5, 5.41) is 0. The Morgan fingerprint density at radius 1 is 1.33 bits per heavy atom. The summed E-state index contributed by atoms with van der Waals surface area (Å²) in [6.07, 6.45) is 1.89. The van der Waals surface area contributed by atoms with Crippen molar-refractivity contribution in [2.45, 2.75) is 26.7 Å². The van der Waals surface area contributed by atoms with Gasteiger partial charge in [-0.2, -0.15) is 0 Å². The lowest BCUT2D eigenvalue weighted by atomic mass is 9.96.